The summed E-state index contributed by atoms with van der Waals surface area (Å²) < 4.78 is 0. The number of rotatable bonds is 8. The maximum Gasteiger partial charge on any atom is 0.0409 e. The standard InChI is InChI=1S/C17H30N2/c1-6-10-18-12-16-11-15(4)8-9-17(16)19(5)13-14(3)7-2/h8-9,11,14,18H,6-7,10,12-13H2,1-5H3. The maximum atomic E-state index is 3.51. The first kappa shape index (κ1) is 16.0. The minimum atomic E-state index is 0.739. The molecule has 0 aliphatic carbocycles. The van der Waals surface area contributed by atoms with Gasteiger partial charge < -0.3 is 10.2 Å². The molecule has 1 aromatic carbocycles. The third kappa shape index (κ3) is 5.23. The molecular formula is C17H30N2. The topological polar surface area (TPSA) is 15.3 Å². The van der Waals surface area contributed by atoms with Crippen molar-refractivity contribution in [2.75, 3.05) is 25.0 Å². The van der Waals surface area contributed by atoms with E-state index in [0.29, 0.717) is 0 Å². The van der Waals surface area contributed by atoms with Gasteiger partial charge in [0.2, 0.25) is 0 Å². The summed E-state index contributed by atoms with van der Waals surface area (Å²) in [6, 6.07) is 6.79. The smallest absolute Gasteiger partial charge is 0.0409 e. The molecule has 1 aromatic rings. The van der Waals surface area contributed by atoms with Gasteiger partial charge >= 0.3 is 0 Å². The number of hydrogen-bond donors (Lipinski definition) is 1. The van der Waals surface area contributed by atoms with Crippen molar-refractivity contribution in [1.82, 2.24) is 5.32 Å². The van der Waals surface area contributed by atoms with Crippen LogP contribution in [0.3, 0.4) is 0 Å². The van der Waals surface area contributed by atoms with E-state index in [1.54, 1.807) is 0 Å². The van der Waals surface area contributed by atoms with E-state index >= 15 is 0 Å². The third-order valence-corrected chi connectivity index (χ3v) is 3.67. The van der Waals surface area contributed by atoms with Gasteiger partial charge in [-0.2, -0.15) is 0 Å². The molecule has 19 heavy (non-hydrogen) atoms. The van der Waals surface area contributed by atoms with E-state index in [0.717, 1.165) is 25.6 Å². The Bertz CT molecular complexity index is 374. The number of benzene rings is 1. The molecule has 0 fully saturated rings. The molecule has 0 radical (unpaired) electrons. The van der Waals surface area contributed by atoms with Crippen LogP contribution in [-0.2, 0) is 6.54 Å². The van der Waals surface area contributed by atoms with Crippen molar-refractivity contribution in [2.24, 2.45) is 5.92 Å². The molecular weight excluding hydrogens is 232 g/mol. The SMILES string of the molecule is CCCNCc1cc(C)ccc1N(C)CC(C)CC. The highest BCUT2D eigenvalue weighted by Gasteiger charge is 2.10. The molecule has 1 rings (SSSR count). The average molecular weight is 262 g/mol. The van der Waals surface area contributed by atoms with Crippen molar-refractivity contribution >= 4 is 5.69 Å². The van der Waals surface area contributed by atoms with E-state index in [1.165, 1.54) is 29.7 Å². The normalized spacial score (nSPS) is 12.5. The Morgan fingerprint density at radius 1 is 1.26 bits per heavy atom. The van der Waals surface area contributed by atoms with Gasteiger partial charge in [-0.3, -0.25) is 0 Å². The van der Waals surface area contributed by atoms with Gasteiger partial charge in [-0.05, 0) is 37.4 Å². The average Bonchev–Trinajstić information content (AvgIpc) is 2.38. The second-order valence-electron chi connectivity index (χ2n) is 5.70. The lowest BCUT2D eigenvalue weighted by Gasteiger charge is -2.26. The second-order valence-corrected chi connectivity index (χ2v) is 5.70. The highest BCUT2D eigenvalue weighted by Crippen LogP contribution is 2.22. The fourth-order valence-electron chi connectivity index (χ4n) is 2.32. The third-order valence-electron chi connectivity index (χ3n) is 3.67. The summed E-state index contributed by atoms with van der Waals surface area (Å²) >= 11 is 0. The van der Waals surface area contributed by atoms with E-state index < -0.39 is 0 Å². The lowest BCUT2D eigenvalue weighted by atomic mass is 10.1. The van der Waals surface area contributed by atoms with E-state index in [-0.39, 0.29) is 0 Å². The molecule has 1 unspecified atom stereocenters. The Balaban J connectivity index is 2.79. The quantitative estimate of drug-likeness (QED) is 0.713. The highest BCUT2D eigenvalue weighted by molar-refractivity contribution is 5.54. The number of hydrogen-bond acceptors (Lipinski definition) is 2. The van der Waals surface area contributed by atoms with Gasteiger partial charge in [0.25, 0.3) is 0 Å². The highest BCUT2D eigenvalue weighted by atomic mass is 15.1. The van der Waals surface area contributed by atoms with Crippen molar-refractivity contribution < 1.29 is 0 Å². The first-order valence-electron chi connectivity index (χ1n) is 7.59. The molecule has 2 nitrogen and oxygen atoms in total. The van der Waals surface area contributed by atoms with Crippen LogP contribution < -0.4 is 10.2 Å². The van der Waals surface area contributed by atoms with Gasteiger partial charge in [-0.15, -0.1) is 0 Å². The van der Waals surface area contributed by atoms with E-state index in [2.05, 4.69) is 63.2 Å². The minimum Gasteiger partial charge on any atom is -0.374 e. The second kappa shape index (κ2) is 8.21. The van der Waals surface area contributed by atoms with E-state index in [9.17, 15) is 0 Å². The van der Waals surface area contributed by atoms with Crippen molar-refractivity contribution in [3.05, 3.63) is 29.3 Å². The number of nitrogens with one attached hydrogen (secondary N) is 1. The molecule has 0 heterocycles. The predicted octanol–water partition coefficient (Wildman–Crippen LogP) is 3.98. The van der Waals surface area contributed by atoms with Gasteiger partial charge in [0.1, 0.15) is 0 Å². The number of aryl methyl sites for hydroxylation is 1. The Morgan fingerprint density at radius 3 is 2.63 bits per heavy atom. The zero-order valence-electron chi connectivity index (χ0n) is 13.3. The van der Waals surface area contributed by atoms with Crippen LogP contribution in [0, 0.1) is 12.8 Å². The monoisotopic (exact) mass is 262 g/mol. The first-order valence-corrected chi connectivity index (χ1v) is 7.59. The van der Waals surface area contributed by atoms with Gasteiger partial charge in [-0.25, -0.2) is 0 Å². The van der Waals surface area contributed by atoms with Crippen molar-refractivity contribution in [3.63, 3.8) is 0 Å². The number of nitrogens with zero attached hydrogens (tertiary/aromatic N) is 1. The van der Waals surface area contributed by atoms with Crippen LogP contribution in [0.5, 0.6) is 0 Å². The van der Waals surface area contributed by atoms with Crippen molar-refractivity contribution in [3.8, 4) is 0 Å². The Labute approximate surface area is 119 Å². The fraction of sp³-hybridized carbons (Fsp3) is 0.647. The summed E-state index contributed by atoms with van der Waals surface area (Å²) in [5.74, 6) is 0.739. The molecule has 2 heteroatoms. The van der Waals surface area contributed by atoms with E-state index in [4.69, 9.17) is 0 Å². The zero-order valence-corrected chi connectivity index (χ0v) is 13.3. The fourth-order valence-corrected chi connectivity index (χ4v) is 2.32. The molecule has 1 N–H and O–H groups in total. The van der Waals surface area contributed by atoms with E-state index in [1.807, 2.05) is 0 Å². The van der Waals surface area contributed by atoms with Crippen LogP contribution in [0.15, 0.2) is 18.2 Å². The van der Waals surface area contributed by atoms with Gasteiger partial charge in [-0.1, -0.05) is 44.9 Å². The summed E-state index contributed by atoms with van der Waals surface area (Å²) in [4.78, 5) is 2.40. The van der Waals surface area contributed by atoms with Crippen LogP contribution in [-0.4, -0.2) is 20.1 Å². The lowest BCUT2D eigenvalue weighted by molar-refractivity contribution is 0.558. The summed E-state index contributed by atoms with van der Waals surface area (Å²) in [7, 11) is 2.21. The van der Waals surface area contributed by atoms with Crippen LogP contribution in [0.1, 0.15) is 44.7 Å². The number of anilines is 1. The maximum absolute atomic E-state index is 3.51. The molecule has 108 valence electrons. The van der Waals surface area contributed by atoms with Gasteiger partial charge in [0.05, 0.1) is 0 Å². The first-order chi connectivity index (χ1) is 9.08. The van der Waals surface area contributed by atoms with Crippen LogP contribution in [0.2, 0.25) is 0 Å². The van der Waals surface area contributed by atoms with Crippen LogP contribution in [0.25, 0.3) is 0 Å². The summed E-state index contributed by atoms with van der Waals surface area (Å²) in [5, 5.41) is 3.51. The lowest BCUT2D eigenvalue weighted by Crippen LogP contribution is -2.26. The zero-order chi connectivity index (χ0) is 14.3. The minimum absolute atomic E-state index is 0.739. The Morgan fingerprint density at radius 2 is 2.00 bits per heavy atom. The van der Waals surface area contributed by atoms with Crippen molar-refractivity contribution in [2.45, 2.75) is 47.1 Å². The van der Waals surface area contributed by atoms with Crippen molar-refractivity contribution in [1.29, 1.82) is 0 Å². The van der Waals surface area contributed by atoms with Crippen LogP contribution >= 0.6 is 0 Å². The van der Waals surface area contributed by atoms with Gasteiger partial charge in [0, 0.05) is 25.8 Å². The summed E-state index contributed by atoms with van der Waals surface area (Å²) in [6.07, 6.45) is 2.42. The molecule has 0 amide bonds. The Hall–Kier alpha value is -1.02. The van der Waals surface area contributed by atoms with Crippen LogP contribution in [0.4, 0.5) is 5.69 Å². The van der Waals surface area contributed by atoms with Gasteiger partial charge in [0.15, 0.2) is 0 Å². The predicted molar refractivity (Wildman–Crippen MR) is 85.9 cm³/mol. The molecule has 0 aliphatic rings. The molecule has 0 bridgehead atoms. The summed E-state index contributed by atoms with van der Waals surface area (Å²) in [5.41, 5.74) is 4.13. The molecule has 0 spiro atoms. The molecule has 0 aliphatic heterocycles. The Kier molecular flexibility index (Phi) is 6.93. The molecule has 0 saturated heterocycles. The largest absolute Gasteiger partial charge is 0.374 e. The molecule has 0 saturated carbocycles. The molecule has 0 aromatic heterocycles. The summed E-state index contributed by atoms with van der Waals surface area (Å²) in [6.45, 7) is 12.1. The molecule has 1 atom stereocenters.